The highest BCUT2D eigenvalue weighted by Crippen LogP contribution is 2.41. The maximum atomic E-state index is 15.6. The fourth-order valence-electron chi connectivity index (χ4n) is 4.76. The average Bonchev–Trinajstić information content (AvgIpc) is 3.36. The highest BCUT2D eigenvalue weighted by Gasteiger charge is 2.35. The molecule has 1 aromatic carbocycles. The highest BCUT2D eigenvalue weighted by molar-refractivity contribution is 7.09. The van der Waals surface area contributed by atoms with Gasteiger partial charge < -0.3 is 14.7 Å². The molecule has 1 aliphatic heterocycles. The number of ether oxygens (including phenoxy) is 1. The first-order valence-corrected chi connectivity index (χ1v) is 12.8. The van der Waals surface area contributed by atoms with Gasteiger partial charge in [-0.05, 0) is 75.4 Å². The average molecular weight is 492 g/mol. The third-order valence-corrected chi connectivity index (χ3v) is 8.05. The van der Waals surface area contributed by atoms with E-state index in [0.717, 1.165) is 45.3 Å². The Kier molecular flexibility index (Phi) is 8.17. The molecule has 8 heteroatoms. The SMILES string of the molecule is COc1ccc2ncc(Cl)c([C@H](F)CCC3(CO)CCN(CCCc4nccs4)CC3)c2c1. The van der Waals surface area contributed by atoms with Gasteiger partial charge in [-0.2, -0.15) is 0 Å². The van der Waals surface area contributed by atoms with Crippen LogP contribution in [0, 0.1) is 5.41 Å². The number of methoxy groups -OCH3 is 1. The van der Waals surface area contributed by atoms with E-state index in [2.05, 4.69) is 14.9 Å². The molecular formula is C25H31ClFN3O2S. The Morgan fingerprint density at radius 1 is 1.30 bits per heavy atom. The lowest BCUT2D eigenvalue weighted by Gasteiger charge is -2.41. The zero-order valence-corrected chi connectivity index (χ0v) is 20.5. The van der Waals surface area contributed by atoms with Crippen molar-refractivity contribution in [3.05, 3.63) is 51.6 Å². The zero-order chi connectivity index (χ0) is 23.3. The molecule has 0 amide bonds. The molecule has 3 heterocycles. The Balaban J connectivity index is 1.35. The Bertz CT molecular complexity index is 1040. The Morgan fingerprint density at radius 2 is 2.12 bits per heavy atom. The maximum absolute atomic E-state index is 15.6. The Hall–Kier alpha value is -1.80. The molecule has 1 aliphatic rings. The second-order valence-corrected chi connectivity index (χ2v) is 10.3. The largest absolute Gasteiger partial charge is 0.497 e. The number of halogens is 2. The summed E-state index contributed by atoms with van der Waals surface area (Å²) in [6, 6.07) is 5.42. The van der Waals surface area contributed by atoms with Crippen molar-refractivity contribution in [3.63, 3.8) is 0 Å². The Morgan fingerprint density at radius 3 is 2.82 bits per heavy atom. The van der Waals surface area contributed by atoms with Crippen LogP contribution in [-0.2, 0) is 6.42 Å². The summed E-state index contributed by atoms with van der Waals surface area (Å²) in [7, 11) is 1.59. The summed E-state index contributed by atoms with van der Waals surface area (Å²) in [6.07, 6.45) is 6.95. The van der Waals surface area contributed by atoms with Crippen LogP contribution in [0.15, 0.2) is 36.0 Å². The van der Waals surface area contributed by atoms with Crippen molar-refractivity contribution in [3.8, 4) is 5.75 Å². The van der Waals surface area contributed by atoms with Gasteiger partial charge >= 0.3 is 0 Å². The van der Waals surface area contributed by atoms with Crippen LogP contribution in [0.1, 0.15) is 48.8 Å². The first-order chi connectivity index (χ1) is 16.0. The van der Waals surface area contributed by atoms with E-state index < -0.39 is 6.17 Å². The van der Waals surface area contributed by atoms with E-state index in [1.165, 1.54) is 11.2 Å². The monoisotopic (exact) mass is 491 g/mol. The molecule has 3 aromatic rings. The number of nitrogens with zero attached hydrogens (tertiary/aromatic N) is 3. The molecule has 1 fully saturated rings. The standard InChI is InChI=1S/C25H31ClFN3O2S/c1-32-18-4-5-22-19(15-18)24(20(26)16-29-22)21(27)6-7-25(17-31)8-12-30(13-9-25)11-2-3-23-28-10-14-33-23/h4-5,10,14-16,21,31H,2-3,6-9,11-13,17H2,1H3/t21-/m1/s1. The van der Waals surface area contributed by atoms with Crippen LogP contribution >= 0.6 is 22.9 Å². The third kappa shape index (κ3) is 5.83. The lowest BCUT2D eigenvalue weighted by atomic mass is 9.74. The van der Waals surface area contributed by atoms with Crippen molar-refractivity contribution in [1.82, 2.24) is 14.9 Å². The van der Waals surface area contributed by atoms with Gasteiger partial charge in [-0.3, -0.25) is 4.98 Å². The molecule has 0 bridgehead atoms. The van der Waals surface area contributed by atoms with Crippen molar-refractivity contribution in [2.75, 3.05) is 33.4 Å². The number of aryl methyl sites for hydroxylation is 1. The second-order valence-electron chi connectivity index (χ2n) is 8.94. The zero-order valence-electron chi connectivity index (χ0n) is 19.0. The van der Waals surface area contributed by atoms with Crippen LogP contribution in [0.5, 0.6) is 5.75 Å². The van der Waals surface area contributed by atoms with Crippen LogP contribution in [0.4, 0.5) is 4.39 Å². The number of piperidine rings is 1. The lowest BCUT2D eigenvalue weighted by Crippen LogP contribution is -2.42. The molecule has 0 unspecified atom stereocenters. The molecule has 2 aromatic heterocycles. The van der Waals surface area contributed by atoms with Gasteiger partial charge in [0, 0.05) is 41.8 Å². The smallest absolute Gasteiger partial charge is 0.127 e. The third-order valence-electron chi connectivity index (χ3n) is 6.91. The Labute approximate surface area is 203 Å². The van der Waals surface area contributed by atoms with Crippen molar-refractivity contribution in [2.24, 2.45) is 5.41 Å². The summed E-state index contributed by atoms with van der Waals surface area (Å²) in [5.74, 6) is 0.647. The topological polar surface area (TPSA) is 58.5 Å². The van der Waals surface area contributed by atoms with Crippen LogP contribution in [0.2, 0.25) is 5.02 Å². The van der Waals surface area contributed by atoms with Crippen molar-refractivity contribution < 1.29 is 14.2 Å². The van der Waals surface area contributed by atoms with Gasteiger partial charge in [0.25, 0.3) is 0 Å². The number of likely N-dealkylation sites (tertiary alicyclic amines) is 1. The number of benzene rings is 1. The van der Waals surface area contributed by atoms with Crippen LogP contribution in [0.25, 0.3) is 10.9 Å². The van der Waals surface area contributed by atoms with Crippen molar-refractivity contribution in [1.29, 1.82) is 0 Å². The van der Waals surface area contributed by atoms with Crippen LogP contribution in [-0.4, -0.2) is 53.3 Å². The summed E-state index contributed by atoms with van der Waals surface area (Å²) >= 11 is 8.09. The van der Waals surface area contributed by atoms with E-state index in [4.69, 9.17) is 16.3 Å². The minimum atomic E-state index is -1.23. The highest BCUT2D eigenvalue weighted by atomic mass is 35.5. The molecule has 33 heavy (non-hydrogen) atoms. The summed E-state index contributed by atoms with van der Waals surface area (Å²) in [5, 5.41) is 14.4. The number of rotatable bonds is 10. The van der Waals surface area contributed by atoms with Gasteiger partial charge in [-0.25, -0.2) is 9.37 Å². The number of fused-ring (bicyclic) bond motifs is 1. The second kappa shape index (κ2) is 11.1. The number of hydrogen-bond donors (Lipinski definition) is 1. The summed E-state index contributed by atoms with van der Waals surface area (Å²) in [4.78, 5) is 11.1. The van der Waals surface area contributed by atoms with Gasteiger partial charge in [-0.15, -0.1) is 11.3 Å². The summed E-state index contributed by atoms with van der Waals surface area (Å²) in [6.45, 7) is 3.00. The first-order valence-electron chi connectivity index (χ1n) is 11.5. The van der Waals surface area contributed by atoms with E-state index in [1.807, 2.05) is 23.7 Å². The van der Waals surface area contributed by atoms with E-state index >= 15 is 4.39 Å². The molecule has 1 N–H and O–H groups in total. The van der Waals surface area contributed by atoms with Gasteiger partial charge in [0.1, 0.15) is 11.9 Å². The number of aliphatic hydroxyl groups is 1. The van der Waals surface area contributed by atoms with Crippen molar-refractivity contribution in [2.45, 2.75) is 44.7 Å². The maximum Gasteiger partial charge on any atom is 0.127 e. The molecule has 0 spiro atoms. The van der Waals surface area contributed by atoms with Crippen molar-refractivity contribution >= 4 is 33.8 Å². The molecule has 1 saturated heterocycles. The number of pyridine rings is 1. The number of hydrogen-bond acceptors (Lipinski definition) is 6. The van der Waals surface area contributed by atoms with E-state index in [1.54, 1.807) is 24.5 Å². The molecule has 1 atom stereocenters. The molecular weight excluding hydrogens is 461 g/mol. The predicted octanol–water partition coefficient (Wildman–Crippen LogP) is 5.85. The van der Waals surface area contributed by atoms with Gasteiger partial charge in [0.15, 0.2) is 0 Å². The number of aromatic nitrogens is 2. The normalized spacial score (nSPS) is 17.3. The molecule has 4 rings (SSSR count). The van der Waals surface area contributed by atoms with E-state index in [-0.39, 0.29) is 12.0 Å². The quantitative estimate of drug-likeness (QED) is 0.385. The minimum absolute atomic E-state index is 0.0886. The number of alkyl halides is 1. The van der Waals surface area contributed by atoms with E-state index in [9.17, 15) is 5.11 Å². The van der Waals surface area contributed by atoms with E-state index in [0.29, 0.717) is 40.1 Å². The predicted molar refractivity (Wildman–Crippen MR) is 132 cm³/mol. The molecule has 0 aliphatic carbocycles. The summed E-state index contributed by atoms with van der Waals surface area (Å²) in [5.41, 5.74) is 0.928. The fourth-order valence-corrected chi connectivity index (χ4v) is 5.69. The van der Waals surface area contributed by atoms with Gasteiger partial charge in [0.05, 0.1) is 22.7 Å². The number of aliphatic hydroxyl groups excluding tert-OH is 1. The molecule has 5 nitrogen and oxygen atoms in total. The minimum Gasteiger partial charge on any atom is -0.497 e. The van der Waals surface area contributed by atoms with Gasteiger partial charge in [-0.1, -0.05) is 11.6 Å². The lowest BCUT2D eigenvalue weighted by molar-refractivity contribution is 0.0300. The fraction of sp³-hybridized carbons (Fsp3) is 0.520. The molecule has 0 saturated carbocycles. The first kappa shape index (κ1) is 24.3. The number of thiazole rings is 1. The van der Waals surface area contributed by atoms with Gasteiger partial charge in [0.2, 0.25) is 0 Å². The molecule has 0 radical (unpaired) electrons. The summed E-state index contributed by atoms with van der Waals surface area (Å²) < 4.78 is 20.9. The molecule has 178 valence electrons. The van der Waals surface area contributed by atoms with Crippen LogP contribution in [0.3, 0.4) is 0 Å². The van der Waals surface area contributed by atoms with Crippen LogP contribution < -0.4 is 4.74 Å².